The number of rotatable bonds is 4. The molecule has 0 bridgehead atoms. The van der Waals surface area contributed by atoms with Gasteiger partial charge in [0.2, 0.25) is 0 Å². The highest BCUT2D eigenvalue weighted by atomic mass is 35.5. The number of benzene rings is 2. The summed E-state index contributed by atoms with van der Waals surface area (Å²) < 4.78 is 1.89. The number of halogens is 3. The van der Waals surface area contributed by atoms with Gasteiger partial charge in [-0.15, -0.1) is 0 Å². The van der Waals surface area contributed by atoms with Gasteiger partial charge in [-0.3, -0.25) is 4.68 Å². The van der Waals surface area contributed by atoms with Crippen molar-refractivity contribution < 1.29 is 0 Å². The molecule has 8 heteroatoms. The van der Waals surface area contributed by atoms with Crippen LogP contribution in [-0.4, -0.2) is 14.9 Å². The van der Waals surface area contributed by atoms with E-state index in [1.807, 2.05) is 55.8 Å². The Bertz CT molecular complexity index is 1050. The minimum atomic E-state index is 0.468. The molecular weight excluding hydrogens is 435 g/mol. The van der Waals surface area contributed by atoms with Crippen LogP contribution in [-0.2, 0) is 6.54 Å². The molecule has 2 N–H and O–H groups in total. The van der Waals surface area contributed by atoms with E-state index >= 15 is 0 Å². The summed E-state index contributed by atoms with van der Waals surface area (Å²) in [6, 6.07) is 11.2. The highest BCUT2D eigenvalue weighted by Crippen LogP contribution is 2.25. The minimum Gasteiger partial charge on any atom is -0.332 e. The third-order valence-corrected chi connectivity index (χ3v) is 5.58. The summed E-state index contributed by atoms with van der Waals surface area (Å²) in [4.78, 5) is 0. The lowest BCUT2D eigenvalue weighted by atomic mass is 10.2. The molecule has 3 aromatic rings. The van der Waals surface area contributed by atoms with Gasteiger partial charge in [-0.05, 0) is 68.4 Å². The number of nitrogens with one attached hydrogen (secondary N) is 2. The Kier molecular flexibility index (Phi) is 6.50. The molecule has 0 spiro atoms. The molecule has 0 radical (unpaired) electrons. The van der Waals surface area contributed by atoms with E-state index in [1.54, 1.807) is 6.07 Å². The van der Waals surface area contributed by atoms with E-state index in [1.165, 1.54) is 0 Å². The molecule has 0 atom stereocenters. The molecule has 0 saturated heterocycles. The van der Waals surface area contributed by atoms with Crippen LogP contribution in [0.15, 0.2) is 36.4 Å². The molecule has 3 rings (SSSR count). The Morgan fingerprint density at radius 1 is 1.00 bits per heavy atom. The summed E-state index contributed by atoms with van der Waals surface area (Å²) in [5.41, 5.74) is 5.44. The number of aromatic nitrogens is 2. The SMILES string of the molecule is Cc1ccc(NC(=S)Nc2c(C)nn(Cc3ccc(Cl)cc3Cl)c2C)cc1Cl. The first kappa shape index (κ1) is 20.9. The Hall–Kier alpha value is -1.79. The van der Waals surface area contributed by atoms with Gasteiger partial charge in [-0.25, -0.2) is 0 Å². The zero-order valence-corrected chi connectivity index (χ0v) is 18.7. The van der Waals surface area contributed by atoms with Gasteiger partial charge in [0.1, 0.15) is 0 Å². The summed E-state index contributed by atoms with van der Waals surface area (Å²) in [6.07, 6.45) is 0. The van der Waals surface area contributed by atoms with Gasteiger partial charge in [-0.2, -0.15) is 5.10 Å². The van der Waals surface area contributed by atoms with Crippen molar-refractivity contribution in [3.05, 3.63) is 74.0 Å². The lowest BCUT2D eigenvalue weighted by Crippen LogP contribution is -2.20. The van der Waals surface area contributed by atoms with Gasteiger partial charge in [0.15, 0.2) is 5.11 Å². The third kappa shape index (κ3) is 4.78. The molecule has 0 aliphatic carbocycles. The smallest absolute Gasteiger partial charge is 0.175 e. The van der Waals surface area contributed by atoms with E-state index in [0.29, 0.717) is 26.7 Å². The Labute approximate surface area is 184 Å². The first-order valence-electron chi connectivity index (χ1n) is 8.56. The van der Waals surface area contributed by atoms with Crippen molar-refractivity contribution in [3.8, 4) is 0 Å². The number of hydrogen-bond acceptors (Lipinski definition) is 2. The fraction of sp³-hybridized carbons (Fsp3) is 0.200. The van der Waals surface area contributed by atoms with E-state index in [4.69, 9.17) is 47.0 Å². The Balaban J connectivity index is 1.75. The second kappa shape index (κ2) is 8.70. The Morgan fingerprint density at radius 3 is 2.43 bits per heavy atom. The molecule has 0 fully saturated rings. The summed E-state index contributed by atoms with van der Waals surface area (Å²) in [5.74, 6) is 0. The van der Waals surface area contributed by atoms with Crippen molar-refractivity contribution in [2.75, 3.05) is 10.6 Å². The zero-order valence-electron chi connectivity index (χ0n) is 15.6. The maximum Gasteiger partial charge on any atom is 0.175 e. The average molecular weight is 454 g/mol. The first-order valence-corrected chi connectivity index (χ1v) is 10.1. The molecule has 0 unspecified atom stereocenters. The molecular formula is C20H19Cl3N4S. The Morgan fingerprint density at radius 2 is 1.75 bits per heavy atom. The monoisotopic (exact) mass is 452 g/mol. The lowest BCUT2D eigenvalue weighted by Gasteiger charge is -2.12. The maximum absolute atomic E-state index is 6.29. The average Bonchev–Trinajstić information content (AvgIpc) is 2.88. The van der Waals surface area contributed by atoms with Gasteiger partial charge in [0, 0.05) is 20.8 Å². The van der Waals surface area contributed by atoms with E-state index < -0.39 is 0 Å². The first-order chi connectivity index (χ1) is 13.2. The molecule has 28 heavy (non-hydrogen) atoms. The summed E-state index contributed by atoms with van der Waals surface area (Å²) >= 11 is 23.9. The second-order valence-electron chi connectivity index (χ2n) is 6.48. The summed E-state index contributed by atoms with van der Waals surface area (Å²) in [5, 5.41) is 13.4. The number of nitrogens with zero attached hydrogens (tertiary/aromatic N) is 2. The van der Waals surface area contributed by atoms with E-state index in [-0.39, 0.29) is 0 Å². The highest BCUT2D eigenvalue weighted by molar-refractivity contribution is 7.80. The van der Waals surface area contributed by atoms with Crippen LogP contribution in [0.4, 0.5) is 11.4 Å². The van der Waals surface area contributed by atoms with Gasteiger partial charge in [0.05, 0.1) is 23.6 Å². The summed E-state index contributed by atoms with van der Waals surface area (Å²) in [7, 11) is 0. The predicted molar refractivity (Wildman–Crippen MR) is 123 cm³/mol. The van der Waals surface area contributed by atoms with Crippen molar-refractivity contribution in [1.29, 1.82) is 0 Å². The van der Waals surface area contributed by atoms with Gasteiger partial charge >= 0.3 is 0 Å². The van der Waals surface area contributed by atoms with Crippen LogP contribution in [0.2, 0.25) is 15.1 Å². The summed E-state index contributed by atoms with van der Waals surface area (Å²) in [6.45, 7) is 6.41. The van der Waals surface area contributed by atoms with Gasteiger partial charge in [-0.1, -0.05) is 46.9 Å². The number of hydrogen-bond donors (Lipinski definition) is 2. The molecule has 1 aromatic heterocycles. The molecule has 0 amide bonds. The van der Waals surface area contributed by atoms with Crippen molar-refractivity contribution in [2.45, 2.75) is 27.3 Å². The molecule has 1 heterocycles. The molecule has 0 saturated carbocycles. The van der Waals surface area contributed by atoms with Crippen LogP contribution in [0.1, 0.15) is 22.5 Å². The molecule has 146 valence electrons. The molecule has 4 nitrogen and oxygen atoms in total. The predicted octanol–water partition coefficient (Wildman–Crippen LogP) is 6.63. The topological polar surface area (TPSA) is 41.9 Å². The number of thiocarbonyl (C=S) groups is 1. The molecule has 2 aromatic carbocycles. The fourth-order valence-electron chi connectivity index (χ4n) is 2.79. The van der Waals surface area contributed by atoms with E-state index in [9.17, 15) is 0 Å². The molecule has 0 aliphatic rings. The number of anilines is 2. The quantitative estimate of drug-likeness (QED) is 0.435. The van der Waals surface area contributed by atoms with Crippen LogP contribution in [0.25, 0.3) is 0 Å². The normalized spacial score (nSPS) is 10.8. The van der Waals surface area contributed by atoms with Gasteiger partial charge < -0.3 is 10.6 Å². The van der Waals surface area contributed by atoms with Gasteiger partial charge in [0.25, 0.3) is 0 Å². The van der Waals surface area contributed by atoms with Crippen LogP contribution < -0.4 is 10.6 Å². The fourth-order valence-corrected chi connectivity index (χ4v) is 3.66. The number of aryl methyl sites for hydroxylation is 2. The lowest BCUT2D eigenvalue weighted by molar-refractivity contribution is 0.659. The van der Waals surface area contributed by atoms with E-state index in [2.05, 4.69) is 15.7 Å². The minimum absolute atomic E-state index is 0.468. The van der Waals surface area contributed by atoms with Crippen molar-refractivity contribution in [2.24, 2.45) is 0 Å². The van der Waals surface area contributed by atoms with Crippen molar-refractivity contribution >= 4 is 63.5 Å². The highest BCUT2D eigenvalue weighted by Gasteiger charge is 2.14. The standard InChI is InChI=1S/C20H19Cl3N4S/c1-11-4-7-16(9-17(11)22)24-20(28)25-19-12(2)26-27(13(19)3)10-14-5-6-15(21)8-18(14)23/h4-9H,10H2,1-3H3,(H2,24,25,28). The van der Waals surface area contributed by atoms with Crippen LogP contribution >= 0.6 is 47.0 Å². The van der Waals surface area contributed by atoms with Crippen molar-refractivity contribution in [3.63, 3.8) is 0 Å². The van der Waals surface area contributed by atoms with E-state index in [0.717, 1.165) is 33.9 Å². The second-order valence-corrected chi connectivity index (χ2v) is 8.14. The third-order valence-electron chi connectivity index (χ3n) is 4.38. The van der Waals surface area contributed by atoms with Crippen molar-refractivity contribution in [1.82, 2.24) is 9.78 Å². The van der Waals surface area contributed by atoms with Crippen LogP contribution in [0, 0.1) is 20.8 Å². The van der Waals surface area contributed by atoms with Crippen LogP contribution in [0.3, 0.4) is 0 Å². The maximum atomic E-state index is 6.29. The largest absolute Gasteiger partial charge is 0.332 e. The van der Waals surface area contributed by atoms with Crippen LogP contribution in [0.5, 0.6) is 0 Å². The zero-order chi connectivity index (χ0) is 20.4. The molecule has 0 aliphatic heterocycles.